The van der Waals surface area contributed by atoms with Crippen molar-refractivity contribution < 1.29 is 9.13 Å². The van der Waals surface area contributed by atoms with Gasteiger partial charge in [-0.05, 0) is 19.9 Å². The van der Waals surface area contributed by atoms with Crippen LogP contribution in [0.5, 0.6) is 5.75 Å². The van der Waals surface area contributed by atoms with Crippen molar-refractivity contribution in [1.82, 2.24) is 9.55 Å². The van der Waals surface area contributed by atoms with Crippen LogP contribution in [0.2, 0.25) is 0 Å². The van der Waals surface area contributed by atoms with E-state index in [0.29, 0.717) is 24.5 Å². The van der Waals surface area contributed by atoms with Gasteiger partial charge in [-0.1, -0.05) is 6.07 Å². The van der Waals surface area contributed by atoms with Crippen molar-refractivity contribution in [2.24, 2.45) is 5.73 Å². The minimum absolute atomic E-state index is 0.317. The van der Waals surface area contributed by atoms with Crippen LogP contribution in [0.1, 0.15) is 24.4 Å². The van der Waals surface area contributed by atoms with E-state index in [9.17, 15) is 4.39 Å². The lowest BCUT2D eigenvalue weighted by Crippen LogP contribution is -2.10. The molecule has 1 atom stereocenters. The van der Waals surface area contributed by atoms with E-state index in [1.54, 1.807) is 25.3 Å². The summed E-state index contributed by atoms with van der Waals surface area (Å²) in [4.78, 5) is 4.12. The fourth-order valence-electron chi connectivity index (χ4n) is 1.87. The van der Waals surface area contributed by atoms with E-state index in [-0.39, 0.29) is 11.9 Å². The number of aryl methyl sites for hydroxylation is 1. The summed E-state index contributed by atoms with van der Waals surface area (Å²) in [6, 6.07) is 4.46. The number of ether oxygens (including phenoxy) is 1. The molecule has 0 aliphatic rings. The van der Waals surface area contributed by atoms with E-state index in [1.807, 2.05) is 17.7 Å². The van der Waals surface area contributed by atoms with Crippen LogP contribution in [0.3, 0.4) is 0 Å². The highest BCUT2D eigenvalue weighted by molar-refractivity contribution is 5.30. The highest BCUT2D eigenvalue weighted by Crippen LogP contribution is 2.20. The van der Waals surface area contributed by atoms with Gasteiger partial charge in [0, 0.05) is 30.1 Å². The third-order valence-corrected chi connectivity index (χ3v) is 2.99. The van der Waals surface area contributed by atoms with Crippen LogP contribution in [0.15, 0.2) is 30.6 Å². The second-order valence-electron chi connectivity index (χ2n) is 4.49. The average Bonchev–Trinajstić information content (AvgIpc) is 2.75. The smallest absolute Gasteiger partial charge is 0.131 e. The Morgan fingerprint density at radius 2 is 2.26 bits per heavy atom. The van der Waals surface area contributed by atoms with E-state index in [1.165, 1.54) is 6.07 Å². The molecule has 4 nitrogen and oxygen atoms in total. The van der Waals surface area contributed by atoms with Crippen molar-refractivity contribution in [2.75, 3.05) is 6.61 Å². The zero-order valence-electron chi connectivity index (χ0n) is 11.1. The summed E-state index contributed by atoms with van der Waals surface area (Å²) in [5.41, 5.74) is 6.15. The summed E-state index contributed by atoms with van der Waals surface area (Å²) in [7, 11) is 0. The number of imidazole rings is 1. The van der Waals surface area contributed by atoms with Gasteiger partial charge in [0.15, 0.2) is 0 Å². The maximum absolute atomic E-state index is 13.7. The predicted molar refractivity (Wildman–Crippen MR) is 71.5 cm³/mol. The molecular weight excluding hydrogens is 245 g/mol. The highest BCUT2D eigenvalue weighted by Gasteiger charge is 2.08. The number of halogens is 1. The van der Waals surface area contributed by atoms with Gasteiger partial charge in [-0.25, -0.2) is 9.37 Å². The lowest BCUT2D eigenvalue weighted by molar-refractivity contribution is 0.295. The van der Waals surface area contributed by atoms with E-state index in [2.05, 4.69) is 4.98 Å². The third kappa shape index (κ3) is 3.32. The Labute approximate surface area is 112 Å². The van der Waals surface area contributed by atoms with Gasteiger partial charge in [0.1, 0.15) is 24.0 Å². The van der Waals surface area contributed by atoms with Gasteiger partial charge in [-0.15, -0.1) is 0 Å². The van der Waals surface area contributed by atoms with E-state index in [0.717, 1.165) is 5.82 Å². The molecule has 102 valence electrons. The Balaban J connectivity index is 1.93. The molecule has 2 N–H and O–H groups in total. The van der Waals surface area contributed by atoms with Gasteiger partial charge in [0.25, 0.3) is 0 Å². The number of hydrogen-bond donors (Lipinski definition) is 1. The Morgan fingerprint density at radius 3 is 2.84 bits per heavy atom. The van der Waals surface area contributed by atoms with E-state index < -0.39 is 0 Å². The summed E-state index contributed by atoms with van der Waals surface area (Å²) in [5.74, 6) is 1.12. The normalized spacial score (nSPS) is 12.4. The van der Waals surface area contributed by atoms with Gasteiger partial charge in [-0.3, -0.25) is 0 Å². The number of benzene rings is 1. The lowest BCUT2D eigenvalue weighted by Gasteiger charge is -2.11. The van der Waals surface area contributed by atoms with Crippen molar-refractivity contribution >= 4 is 0 Å². The Kier molecular flexibility index (Phi) is 4.16. The third-order valence-electron chi connectivity index (χ3n) is 2.99. The van der Waals surface area contributed by atoms with Gasteiger partial charge in [-0.2, -0.15) is 0 Å². The largest absolute Gasteiger partial charge is 0.492 e. The van der Waals surface area contributed by atoms with Crippen molar-refractivity contribution in [1.29, 1.82) is 0 Å². The van der Waals surface area contributed by atoms with Crippen molar-refractivity contribution in [3.63, 3.8) is 0 Å². The molecule has 1 aromatic heterocycles. The Morgan fingerprint density at radius 1 is 1.47 bits per heavy atom. The molecule has 0 amide bonds. The topological polar surface area (TPSA) is 53.1 Å². The number of nitrogens with zero attached hydrogens (tertiary/aromatic N) is 2. The first-order valence-electron chi connectivity index (χ1n) is 6.23. The molecule has 1 unspecified atom stereocenters. The number of aromatic nitrogens is 2. The first-order valence-corrected chi connectivity index (χ1v) is 6.23. The second kappa shape index (κ2) is 5.84. The summed E-state index contributed by atoms with van der Waals surface area (Å²) < 4.78 is 21.2. The highest BCUT2D eigenvalue weighted by atomic mass is 19.1. The van der Waals surface area contributed by atoms with Gasteiger partial charge >= 0.3 is 0 Å². The molecule has 0 saturated carbocycles. The van der Waals surface area contributed by atoms with Gasteiger partial charge in [0.2, 0.25) is 0 Å². The fourth-order valence-corrected chi connectivity index (χ4v) is 1.87. The number of hydrogen-bond acceptors (Lipinski definition) is 3. The van der Waals surface area contributed by atoms with Gasteiger partial charge < -0.3 is 15.0 Å². The van der Waals surface area contributed by atoms with Crippen molar-refractivity contribution in [3.05, 3.63) is 47.8 Å². The molecule has 0 saturated heterocycles. The first kappa shape index (κ1) is 13.5. The van der Waals surface area contributed by atoms with Crippen molar-refractivity contribution in [3.8, 4) is 5.75 Å². The molecule has 0 bridgehead atoms. The Bertz CT molecular complexity index is 551. The predicted octanol–water partition coefficient (Wildman–Crippen LogP) is 2.43. The maximum atomic E-state index is 13.7. The van der Waals surface area contributed by atoms with Crippen LogP contribution in [0, 0.1) is 12.7 Å². The fraction of sp³-hybridized carbons (Fsp3) is 0.357. The van der Waals surface area contributed by atoms with E-state index in [4.69, 9.17) is 10.5 Å². The van der Waals surface area contributed by atoms with Crippen LogP contribution >= 0.6 is 0 Å². The zero-order chi connectivity index (χ0) is 13.8. The molecule has 1 aromatic carbocycles. The minimum atomic E-state index is -0.327. The molecule has 0 aliphatic heterocycles. The quantitative estimate of drug-likeness (QED) is 0.901. The van der Waals surface area contributed by atoms with Crippen LogP contribution < -0.4 is 10.5 Å². The SMILES string of the molecule is Cc1nccn1CCOc1ccc(C(C)N)c(F)c1. The molecule has 2 rings (SSSR count). The van der Waals surface area contributed by atoms with Crippen LogP contribution in [-0.2, 0) is 6.54 Å². The average molecular weight is 263 g/mol. The summed E-state index contributed by atoms with van der Waals surface area (Å²) in [5, 5.41) is 0. The molecular formula is C14H18FN3O. The molecule has 0 aliphatic carbocycles. The molecule has 0 radical (unpaired) electrons. The van der Waals surface area contributed by atoms with Crippen LogP contribution in [0.4, 0.5) is 4.39 Å². The van der Waals surface area contributed by atoms with E-state index >= 15 is 0 Å². The standard InChI is InChI=1S/C14H18FN3O/c1-10(16)13-4-3-12(9-14(13)15)19-8-7-18-6-5-17-11(18)2/h3-6,9-10H,7-8,16H2,1-2H3. The van der Waals surface area contributed by atoms with Gasteiger partial charge in [0.05, 0.1) is 6.54 Å². The monoisotopic (exact) mass is 263 g/mol. The first-order chi connectivity index (χ1) is 9.08. The summed E-state index contributed by atoms with van der Waals surface area (Å²) in [6.07, 6.45) is 3.63. The van der Waals surface area contributed by atoms with Crippen molar-refractivity contribution in [2.45, 2.75) is 26.4 Å². The molecule has 0 spiro atoms. The number of nitrogens with two attached hydrogens (primary N) is 1. The molecule has 2 aromatic rings. The molecule has 1 heterocycles. The number of rotatable bonds is 5. The summed E-state index contributed by atoms with van der Waals surface area (Å²) >= 11 is 0. The summed E-state index contributed by atoms with van der Waals surface area (Å²) in [6.45, 7) is 4.83. The Hall–Kier alpha value is -1.88. The molecule has 19 heavy (non-hydrogen) atoms. The molecule has 0 fully saturated rings. The lowest BCUT2D eigenvalue weighted by atomic mass is 10.1. The van der Waals surface area contributed by atoms with Crippen LogP contribution in [0.25, 0.3) is 0 Å². The zero-order valence-corrected chi connectivity index (χ0v) is 11.1. The minimum Gasteiger partial charge on any atom is -0.492 e. The second-order valence-corrected chi connectivity index (χ2v) is 4.49. The molecule has 5 heteroatoms. The van der Waals surface area contributed by atoms with Crippen LogP contribution in [-0.4, -0.2) is 16.2 Å². The maximum Gasteiger partial charge on any atom is 0.131 e.